The monoisotopic (exact) mass is 544 g/mol. The van der Waals surface area contributed by atoms with Gasteiger partial charge in [-0.25, -0.2) is 4.79 Å². The maximum absolute atomic E-state index is 14.2. The van der Waals surface area contributed by atoms with E-state index in [2.05, 4.69) is 9.88 Å². The van der Waals surface area contributed by atoms with Gasteiger partial charge in [-0.15, -0.1) is 0 Å². The van der Waals surface area contributed by atoms with Crippen LogP contribution in [0.2, 0.25) is 0 Å². The lowest BCUT2D eigenvalue weighted by molar-refractivity contribution is -0.137. The SMILES string of the molecule is Cc1ccc(C2c3cccn3-c3ccccc3N2C(=O)CN(C(=O)Nc2ccccc2C(F)(F)F)C2CC2)cc1. The molecule has 1 saturated carbocycles. The Kier molecular flexibility index (Phi) is 6.37. The summed E-state index contributed by atoms with van der Waals surface area (Å²) in [6.07, 6.45) is -1.30. The van der Waals surface area contributed by atoms with E-state index in [1.165, 1.54) is 23.1 Å². The zero-order chi connectivity index (χ0) is 28.0. The second-order valence-electron chi connectivity index (χ2n) is 10.2. The Morgan fingerprint density at radius 2 is 1.57 bits per heavy atom. The molecule has 2 aliphatic rings. The highest BCUT2D eigenvalue weighted by Gasteiger charge is 2.41. The average molecular weight is 545 g/mol. The lowest BCUT2D eigenvalue weighted by atomic mass is 9.97. The summed E-state index contributed by atoms with van der Waals surface area (Å²) in [6.45, 7) is 1.72. The fourth-order valence-electron chi connectivity index (χ4n) is 5.33. The Bertz CT molecular complexity index is 1570. The summed E-state index contributed by atoms with van der Waals surface area (Å²) in [4.78, 5) is 30.6. The van der Waals surface area contributed by atoms with Gasteiger partial charge in [-0.05, 0) is 61.7 Å². The average Bonchev–Trinajstić information content (AvgIpc) is 3.66. The van der Waals surface area contributed by atoms with Gasteiger partial charge in [0.25, 0.3) is 0 Å². The van der Waals surface area contributed by atoms with Gasteiger partial charge in [0.2, 0.25) is 5.91 Å². The molecule has 0 bridgehead atoms. The largest absolute Gasteiger partial charge is 0.418 e. The Hall–Kier alpha value is -4.53. The van der Waals surface area contributed by atoms with Crippen LogP contribution >= 0.6 is 0 Å². The molecule has 4 aromatic rings. The van der Waals surface area contributed by atoms with Gasteiger partial charge in [0.1, 0.15) is 12.6 Å². The van der Waals surface area contributed by atoms with Crippen LogP contribution in [0.25, 0.3) is 5.69 Å². The van der Waals surface area contributed by atoms with Crippen molar-refractivity contribution in [1.82, 2.24) is 9.47 Å². The Balaban J connectivity index is 1.35. The van der Waals surface area contributed by atoms with Crippen molar-refractivity contribution in [3.8, 4) is 5.69 Å². The van der Waals surface area contributed by atoms with Crippen LogP contribution in [0.3, 0.4) is 0 Å². The number of halogens is 3. The number of hydrogen-bond acceptors (Lipinski definition) is 2. The standard InChI is InChI=1S/C31H27F3N4O2/c1-20-12-14-21(15-13-20)29-27-11-6-18-36(27)25-9-4-5-10-26(25)38(29)28(39)19-37(22-16-17-22)30(40)35-24-8-3-2-7-23(24)31(32,33)34/h2-15,18,22,29H,16-17,19H2,1H3,(H,35,40). The van der Waals surface area contributed by atoms with E-state index in [4.69, 9.17) is 0 Å². The van der Waals surface area contributed by atoms with Crippen LogP contribution in [-0.2, 0) is 11.0 Å². The molecule has 1 atom stereocenters. The molecule has 204 valence electrons. The molecule has 2 heterocycles. The van der Waals surface area contributed by atoms with Gasteiger partial charge < -0.3 is 14.8 Å². The number of nitrogens with zero attached hydrogens (tertiary/aromatic N) is 3. The summed E-state index contributed by atoms with van der Waals surface area (Å²) >= 11 is 0. The highest BCUT2D eigenvalue weighted by atomic mass is 19.4. The van der Waals surface area contributed by atoms with Crippen LogP contribution in [0.4, 0.5) is 29.3 Å². The fraction of sp³-hybridized carbons (Fsp3) is 0.226. The van der Waals surface area contributed by atoms with Gasteiger partial charge >= 0.3 is 12.2 Å². The molecule has 1 fully saturated rings. The van der Waals surface area contributed by atoms with Crippen LogP contribution in [0.5, 0.6) is 0 Å². The summed E-state index contributed by atoms with van der Waals surface area (Å²) in [7, 11) is 0. The zero-order valence-corrected chi connectivity index (χ0v) is 21.7. The van der Waals surface area contributed by atoms with E-state index in [1.807, 2.05) is 73.8 Å². The number of aryl methyl sites for hydroxylation is 1. The molecule has 1 N–H and O–H groups in total. The van der Waals surface area contributed by atoms with Crippen molar-refractivity contribution < 1.29 is 22.8 Å². The number of hydrogen-bond donors (Lipinski definition) is 1. The van der Waals surface area contributed by atoms with Crippen molar-refractivity contribution in [2.45, 2.75) is 38.0 Å². The minimum atomic E-state index is -4.63. The molecule has 1 aliphatic heterocycles. The maximum atomic E-state index is 14.2. The van der Waals surface area contributed by atoms with Crippen molar-refractivity contribution in [3.05, 3.63) is 114 Å². The zero-order valence-electron chi connectivity index (χ0n) is 21.7. The highest BCUT2D eigenvalue weighted by molar-refractivity contribution is 6.01. The molecular formula is C31H27F3N4O2. The predicted molar refractivity (Wildman–Crippen MR) is 146 cm³/mol. The number of carbonyl (C=O) groups excluding carboxylic acids is 2. The fourth-order valence-corrected chi connectivity index (χ4v) is 5.33. The minimum Gasteiger partial charge on any atom is -0.316 e. The first-order valence-corrected chi connectivity index (χ1v) is 13.1. The third kappa shape index (κ3) is 4.72. The van der Waals surface area contributed by atoms with E-state index in [0.717, 1.165) is 28.6 Å². The lowest BCUT2D eigenvalue weighted by Gasteiger charge is -2.39. The molecule has 0 radical (unpaired) electrons. The first-order valence-electron chi connectivity index (χ1n) is 13.1. The van der Waals surface area contributed by atoms with E-state index < -0.39 is 23.8 Å². The molecule has 40 heavy (non-hydrogen) atoms. The third-order valence-corrected chi connectivity index (χ3v) is 7.41. The summed E-state index contributed by atoms with van der Waals surface area (Å²) in [6, 6.07) is 22.9. The van der Waals surface area contributed by atoms with E-state index in [0.29, 0.717) is 18.5 Å². The molecule has 0 saturated heterocycles. The van der Waals surface area contributed by atoms with Crippen molar-refractivity contribution >= 4 is 23.3 Å². The normalized spacial score (nSPS) is 16.2. The summed E-state index contributed by atoms with van der Waals surface area (Å²) in [5.74, 6) is -0.323. The molecule has 9 heteroatoms. The number of aromatic nitrogens is 1. The number of carbonyl (C=O) groups is 2. The maximum Gasteiger partial charge on any atom is 0.418 e. The van der Waals surface area contributed by atoms with Crippen molar-refractivity contribution in [2.75, 3.05) is 16.8 Å². The van der Waals surface area contributed by atoms with Gasteiger partial charge in [-0.2, -0.15) is 13.2 Å². The third-order valence-electron chi connectivity index (χ3n) is 7.41. The van der Waals surface area contributed by atoms with Crippen LogP contribution in [0, 0.1) is 6.92 Å². The Morgan fingerprint density at radius 1 is 0.900 bits per heavy atom. The van der Waals surface area contributed by atoms with Crippen molar-refractivity contribution in [2.24, 2.45) is 0 Å². The number of amides is 3. The second-order valence-corrected chi connectivity index (χ2v) is 10.2. The predicted octanol–water partition coefficient (Wildman–Crippen LogP) is 6.94. The van der Waals surface area contributed by atoms with Crippen LogP contribution in [0.15, 0.2) is 91.1 Å². The van der Waals surface area contributed by atoms with Gasteiger partial charge in [0, 0.05) is 12.2 Å². The number of anilines is 2. The van der Waals surface area contributed by atoms with Crippen molar-refractivity contribution in [1.29, 1.82) is 0 Å². The van der Waals surface area contributed by atoms with E-state index >= 15 is 0 Å². The van der Waals surface area contributed by atoms with Gasteiger partial charge in [0.15, 0.2) is 0 Å². The number of para-hydroxylation sites is 3. The first kappa shape index (κ1) is 25.7. The van der Waals surface area contributed by atoms with Gasteiger partial charge in [-0.1, -0.05) is 54.1 Å². The molecular weight excluding hydrogens is 517 g/mol. The number of nitrogens with one attached hydrogen (secondary N) is 1. The Morgan fingerprint density at radius 3 is 2.27 bits per heavy atom. The van der Waals surface area contributed by atoms with Crippen molar-refractivity contribution in [3.63, 3.8) is 0 Å². The topological polar surface area (TPSA) is 57.6 Å². The molecule has 3 aromatic carbocycles. The van der Waals surface area contributed by atoms with E-state index in [1.54, 1.807) is 4.90 Å². The molecule has 0 spiro atoms. The second kappa shape index (κ2) is 9.89. The number of fused-ring (bicyclic) bond motifs is 3. The number of alkyl halides is 3. The first-order chi connectivity index (χ1) is 19.2. The molecule has 1 aromatic heterocycles. The molecule has 3 amide bonds. The number of urea groups is 1. The number of rotatable bonds is 5. The van der Waals surface area contributed by atoms with E-state index in [-0.39, 0.29) is 24.2 Å². The molecule has 6 nitrogen and oxygen atoms in total. The molecule has 1 aliphatic carbocycles. The molecule has 6 rings (SSSR count). The number of benzene rings is 3. The van der Waals surface area contributed by atoms with Crippen LogP contribution in [-0.4, -0.2) is 34.0 Å². The summed E-state index contributed by atoms with van der Waals surface area (Å²) in [5, 5.41) is 2.42. The lowest BCUT2D eigenvalue weighted by Crippen LogP contribution is -2.48. The summed E-state index contributed by atoms with van der Waals surface area (Å²) in [5.41, 5.74) is 3.16. The smallest absolute Gasteiger partial charge is 0.316 e. The van der Waals surface area contributed by atoms with Crippen LogP contribution < -0.4 is 10.2 Å². The quantitative estimate of drug-likeness (QED) is 0.296. The van der Waals surface area contributed by atoms with E-state index in [9.17, 15) is 22.8 Å². The molecule has 1 unspecified atom stereocenters. The summed E-state index contributed by atoms with van der Waals surface area (Å²) < 4.78 is 42.7. The van der Waals surface area contributed by atoms with Gasteiger partial charge in [-0.3, -0.25) is 9.69 Å². The Labute approximate surface area is 229 Å². The van der Waals surface area contributed by atoms with Crippen LogP contribution in [0.1, 0.15) is 41.3 Å². The van der Waals surface area contributed by atoms with Gasteiger partial charge in [0.05, 0.1) is 28.3 Å². The minimum absolute atomic E-state index is 0.219. The highest BCUT2D eigenvalue weighted by Crippen LogP contribution is 2.43.